The Balaban J connectivity index is 1.63. The minimum Gasteiger partial charge on any atom is -0.384 e. The number of hydrogen-bond acceptors (Lipinski definition) is 1. The van der Waals surface area contributed by atoms with Crippen LogP contribution in [0.1, 0.15) is 18.9 Å². The molecule has 0 amide bonds. The molecule has 0 saturated heterocycles. The summed E-state index contributed by atoms with van der Waals surface area (Å²) in [7, 11) is 0. The number of hydrogen-bond donors (Lipinski definition) is 1. The van der Waals surface area contributed by atoms with Crippen LogP contribution in [0.15, 0.2) is 30.3 Å². The van der Waals surface area contributed by atoms with Gasteiger partial charge in [0.15, 0.2) is 0 Å². The SMILES string of the molecule is CC1C2C3CC4C5C3C1(Br)C5C(O)(c1ccccc1)C42. The molecule has 1 aromatic carbocycles. The van der Waals surface area contributed by atoms with Gasteiger partial charge in [-0.1, -0.05) is 53.2 Å². The van der Waals surface area contributed by atoms with Gasteiger partial charge < -0.3 is 5.11 Å². The van der Waals surface area contributed by atoms with Gasteiger partial charge in [-0.15, -0.1) is 0 Å². The monoisotopic (exact) mass is 330 g/mol. The Kier molecular flexibility index (Phi) is 1.64. The van der Waals surface area contributed by atoms with Crippen molar-refractivity contribution < 1.29 is 5.11 Å². The van der Waals surface area contributed by atoms with Crippen LogP contribution in [0.2, 0.25) is 0 Å². The molecule has 2 bridgehead atoms. The molecule has 6 rings (SSSR count). The predicted molar refractivity (Wildman–Crippen MR) is 80.2 cm³/mol. The van der Waals surface area contributed by atoms with Crippen molar-refractivity contribution in [1.82, 2.24) is 0 Å². The maximum absolute atomic E-state index is 11.8. The number of fused-ring (bicyclic) bond motifs is 2. The molecule has 10 atom stereocenters. The Bertz CT molecular complexity index is 628. The van der Waals surface area contributed by atoms with E-state index < -0.39 is 5.60 Å². The van der Waals surface area contributed by atoms with E-state index >= 15 is 0 Å². The molecule has 1 N–H and O–H groups in total. The van der Waals surface area contributed by atoms with Gasteiger partial charge in [0, 0.05) is 10.2 Å². The van der Waals surface area contributed by atoms with Gasteiger partial charge >= 0.3 is 0 Å². The second-order valence-electron chi connectivity index (χ2n) is 8.05. The van der Waals surface area contributed by atoms with Crippen LogP contribution in [0.5, 0.6) is 0 Å². The first-order chi connectivity index (χ1) is 9.61. The van der Waals surface area contributed by atoms with E-state index in [4.69, 9.17) is 0 Å². The molecular weight excluding hydrogens is 312 g/mol. The molecule has 5 aliphatic carbocycles. The summed E-state index contributed by atoms with van der Waals surface area (Å²) in [6, 6.07) is 10.6. The first-order valence-corrected chi connectivity index (χ1v) is 8.87. The smallest absolute Gasteiger partial charge is 0.0974 e. The highest BCUT2D eigenvalue weighted by molar-refractivity contribution is 9.10. The molecule has 0 aliphatic heterocycles. The minimum absolute atomic E-state index is 0.235. The molecule has 5 fully saturated rings. The maximum Gasteiger partial charge on any atom is 0.0974 e. The third kappa shape index (κ3) is 0.772. The highest BCUT2D eigenvalue weighted by atomic mass is 79.9. The van der Waals surface area contributed by atoms with Crippen LogP contribution in [0.4, 0.5) is 0 Å². The average molecular weight is 331 g/mol. The molecule has 1 nitrogen and oxygen atoms in total. The number of alkyl halides is 1. The van der Waals surface area contributed by atoms with E-state index in [0.717, 1.165) is 35.5 Å². The van der Waals surface area contributed by atoms with E-state index in [0.29, 0.717) is 11.8 Å². The molecule has 1 aromatic rings. The standard InChI is InChI=1S/C18H19BrO/c1-8-12-10-7-11-13-14(10)17(8,19)16(13)18(20,15(11)12)9-5-3-2-4-6-9/h2-6,8,10-16,20H,7H2,1H3. The van der Waals surface area contributed by atoms with Gasteiger partial charge in [0.2, 0.25) is 0 Å². The topological polar surface area (TPSA) is 20.2 Å². The molecule has 10 unspecified atom stereocenters. The van der Waals surface area contributed by atoms with Crippen molar-refractivity contribution in [3.63, 3.8) is 0 Å². The van der Waals surface area contributed by atoms with E-state index in [-0.39, 0.29) is 4.32 Å². The Morgan fingerprint density at radius 1 is 1.10 bits per heavy atom. The molecule has 0 radical (unpaired) electrons. The van der Waals surface area contributed by atoms with Gasteiger partial charge in [0.25, 0.3) is 0 Å². The van der Waals surface area contributed by atoms with Gasteiger partial charge in [0.05, 0.1) is 5.60 Å². The zero-order valence-electron chi connectivity index (χ0n) is 11.5. The van der Waals surface area contributed by atoms with Crippen molar-refractivity contribution in [3.05, 3.63) is 35.9 Å². The third-order valence-electron chi connectivity index (χ3n) is 8.15. The fourth-order valence-corrected chi connectivity index (χ4v) is 9.67. The Hall–Kier alpha value is -0.340. The van der Waals surface area contributed by atoms with E-state index in [1.54, 1.807) is 0 Å². The van der Waals surface area contributed by atoms with E-state index in [1.807, 2.05) is 0 Å². The van der Waals surface area contributed by atoms with Gasteiger partial charge in [-0.05, 0) is 53.4 Å². The Labute approximate surface area is 127 Å². The molecule has 5 saturated carbocycles. The molecule has 20 heavy (non-hydrogen) atoms. The summed E-state index contributed by atoms with van der Waals surface area (Å²) in [6.07, 6.45) is 1.40. The lowest BCUT2D eigenvalue weighted by Gasteiger charge is -2.60. The van der Waals surface area contributed by atoms with Crippen molar-refractivity contribution in [2.24, 2.45) is 47.3 Å². The average Bonchev–Trinajstić information content (AvgIpc) is 3.01. The normalized spacial score (nSPS) is 67.0. The summed E-state index contributed by atoms with van der Waals surface area (Å²) in [4.78, 5) is 0. The van der Waals surface area contributed by atoms with Crippen LogP contribution in [0.3, 0.4) is 0 Å². The second-order valence-corrected chi connectivity index (χ2v) is 9.43. The zero-order valence-corrected chi connectivity index (χ0v) is 13.1. The van der Waals surface area contributed by atoms with Crippen molar-refractivity contribution in [2.45, 2.75) is 23.3 Å². The zero-order chi connectivity index (χ0) is 13.4. The van der Waals surface area contributed by atoms with Crippen molar-refractivity contribution in [3.8, 4) is 0 Å². The van der Waals surface area contributed by atoms with Gasteiger partial charge in [0.1, 0.15) is 0 Å². The maximum atomic E-state index is 11.8. The summed E-state index contributed by atoms with van der Waals surface area (Å²) in [6.45, 7) is 2.45. The quantitative estimate of drug-likeness (QED) is 0.782. The van der Waals surface area contributed by atoms with E-state index in [9.17, 15) is 5.11 Å². The molecule has 0 spiro atoms. The third-order valence-corrected chi connectivity index (χ3v) is 9.90. The van der Waals surface area contributed by atoms with Crippen LogP contribution in [0, 0.1) is 47.3 Å². The van der Waals surface area contributed by atoms with Crippen molar-refractivity contribution in [1.29, 1.82) is 0 Å². The van der Waals surface area contributed by atoms with Crippen LogP contribution in [-0.4, -0.2) is 9.43 Å². The summed E-state index contributed by atoms with van der Waals surface area (Å²) in [5, 5.41) is 11.8. The van der Waals surface area contributed by atoms with Crippen molar-refractivity contribution >= 4 is 15.9 Å². The lowest BCUT2D eigenvalue weighted by atomic mass is 9.52. The molecule has 0 heterocycles. The number of benzene rings is 1. The first kappa shape index (κ1) is 11.3. The molecule has 5 aliphatic rings. The summed E-state index contributed by atoms with van der Waals surface area (Å²) in [5.74, 6) is 5.87. The van der Waals surface area contributed by atoms with Gasteiger partial charge in [-0.3, -0.25) is 0 Å². The highest BCUT2D eigenvalue weighted by Gasteiger charge is 2.91. The Morgan fingerprint density at radius 2 is 1.80 bits per heavy atom. The van der Waals surface area contributed by atoms with Crippen LogP contribution in [0.25, 0.3) is 0 Å². The second kappa shape index (κ2) is 2.92. The lowest BCUT2D eigenvalue weighted by Crippen LogP contribution is -2.64. The van der Waals surface area contributed by atoms with Crippen LogP contribution in [-0.2, 0) is 5.60 Å². The number of aliphatic hydroxyl groups is 1. The number of halogens is 1. The van der Waals surface area contributed by atoms with Crippen molar-refractivity contribution in [2.75, 3.05) is 0 Å². The number of rotatable bonds is 1. The fraction of sp³-hybridized carbons (Fsp3) is 0.667. The highest BCUT2D eigenvalue weighted by Crippen LogP contribution is 2.91. The first-order valence-electron chi connectivity index (χ1n) is 8.08. The summed E-state index contributed by atoms with van der Waals surface area (Å²) in [5.41, 5.74) is 0.628. The van der Waals surface area contributed by atoms with Gasteiger partial charge in [-0.2, -0.15) is 0 Å². The van der Waals surface area contributed by atoms with Crippen LogP contribution >= 0.6 is 15.9 Å². The van der Waals surface area contributed by atoms with E-state index in [1.165, 1.54) is 12.0 Å². The predicted octanol–water partition coefficient (Wildman–Crippen LogP) is 3.42. The van der Waals surface area contributed by atoms with Gasteiger partial charge in [-0.25, -0.2) is 0 Å². The lowest BCUT2D eigenvalue weighted by molar-refractivity contribution is -0.136. The minimum atomic E-state index is -0.557. The molecule has 104 valence electrons. The van der Waals surface area contributed by atoms with Crippen LogP contribution < -0.4 is 0 Å². The molecule has 0 aromatic heterocycles. The largest absolute Gasteiger partial charge is 0.384 e. The Morgan fingerprint density at radius 3 is 2.55 bits per heavy atom. The molecule has 2 heteroatoms. The van der Waals surface area contributed by atoms with E-state index in [2.05, 4.69) is 53.2 Å². The fourth-order valence-electron chi connectivity index (χ4n) is 8.06. The summed E-state index contributed by atoms with van der Waals surface area (Å²) < 4.78 is 0.235. The molecular formula is C18H19BrO. The summed E-state index contributed by atoms with van der Waals surface area (Å²) >= 11 is 4.16.